The molecule has 2 heteroatoms. The molecule has 0 rings (SSSR count). The molecule has 0 unspecified atom stereocenters. The zero-order chi connectivity index (χ0) is 14.2. The standard InChI is InChI=1S/C18H39P.BrH/c1-4-7-10-13-16-19(17-14-11-8-5-2)18-15-12-9-6-3;/h4-18H2,1-3H3;1H. The minimum atomic E-state index is 0. The van der Waals surface area contributed by atoms with Crippen LogP contribution in [0.3, 0.4) is 0 Å². The molecule has 0 aliphatic carbocycles. The molecule has 0 aliphatic heterocycles. The Morgan fingerprint density at radius 3 is 1.00 bits per heavy atom. The summed E-state index contributed by atoms with van der Waals surface area (Å²) in [4.78, 5) is 0. The number of hydrogen-bond donors (Lipinski definition) is 0. The molecule has 0 heterocycles. The summed E-state index contributed by atoms with van der Waals surface area (Å²) in [7, 11) is 0.389. The van der Waals surface area contributed by atoms with Gasteiger partial charge in [-0.05, 0) is 37.7 Å². The molecule has 0 atom stereocenters. The first kappa shape index (κ1) is 23.2. The molecule has 0 radical (unpaired) electrons. The first-order valence-corrected chi connectivity index (χ1v) is 11.0. The van der Waals surface area contributed by atoms with Gasteiger partial charge in [-0.15, -0.1) is 24.9 Å². The van der Waals surface area contributed by atoms with Gasteiger partial charge in [-0.1, -0.05) is 78.6 Å². The molecule has 0 bridgehead atoms. The Labute approximate surface area is 141 Å². The van der Waals surface area contributed by atoms with Gasteiger partial charge in [0, 0.05) is 0 Å². The third-order valence-electron chi connectivity index (χ3n) is 3.98. The van der Waals surface area contributed by atoms with E-state index >= 15 is 0 Å². The summed E-state index contributed by atoms with van der Waals surface area (Å²) in [6.07, 6.45) is 22.2. The molecule has 0 aromatic heterocycles. The van der Waals surface area contributed by atoms with Crippen LogP contribution in [-0.4, -0.2) is 18.5 Å². The minimum Gasteiger partial charge on any atom is -0.114 e. The maximum Gasteiger partial charge on any atom is -0.0326 e. The highest BCUT2D eigenvalue weighted by molar-refractivity contribution is 8.93. The van der Waals surface area contributed by atoms with E-state index in [0.29, 0.717) is 7.92 Å². The van der Waals surface area contributed by atoms with Crippen molar-refractivity contribution in [2.24, 2.45) is 0 Å². The molecule has 0 N–H and O–H groups in total. The van der Waals surface area contributed by atoms with Crippen molar-refractivity contribution in [2.75, 3.05) is 18.5 Å². The molecule has 0 aromatic rings. The van der Waals surface area contributed by atoms with Crippen LogP contribution < -0.4 is 0 Å². The van der Waals surface area contributed by atoms with Crippen LogP contribution >= 0.6 is 24.9 Å². The van der Waals surface area contributed by atoms with Gasteiger partial charge < -0.3 is 0 Å². The monoisotopic (exact) mass is 366 g/mol. The fraction of sp³-hybridized carbons (Fsp3) is 1.00. The van der Waals surface area contributed by atoms with Crippen LogP contribution in [0, 0.1) is 0 Å². The van der Waals surface area contributed by atoms with Crippen molar-refractivity contribution in [2.45, 2.75) is 97.8 Å². The van der Waals surface area contributed by atoms with E-state index < -0.39 is 0 Å². The molecule has 0 spiro atoms. The SMILES string of the molecule is Br.CCCCCCP(CCCCCC)CCCCCC. The summed E-state index contributed by atoms with van der Waals surface area (Å²) in [5, 5.41) is 0. The second-order valence-electron chi connectivity index (χ2n) is 6.02. The molecular weight excluding hydrogens is 327 g/mol. The molecule has 0 saturated carbocycles. The highest BCUT2D eigenvalue weighted by Crippen LogP contribution is 2.39. The molecule has 0 fully saturated rings. The Morgan fingerprint density at radius 2 is 0.750 bits per heavy atom. The lowest BCUT2D eigenvalue weighted by Gasteiger charge is -2.17. The predicted molar refractivity (Wildman–Crippen MR) is 104 cm³/mol. The second kappa shape index (κ2) is 19.9. The van der Waals surface area contributed by atoms with Crippen molar-refractivity contribution in [3.05, 3.63) is 0 Å². The van der Waals surface area contributed by atoms with E-state index in [4.69, 9.17) is 0 Å². The van der Waals surface area contributed by atoms with E-state index in [1.807, 2.05) is 0 Å². The van der Waals surface area contributed by atoms with Crippen molar-refractivity contribution in [3.63, 3.8) is 0 Å². The fourth-order valence-electron chi connectivity index (χ4n) is 2.62. The maximum absolute atomic E-state index is 2.32. The van der Waals surface area contributed by atoms with Crippen LogP contribution in [-0.2, 0) is 0 Å². The molecule has 0 amide bonds. The summed E-state index contributed by atoms with van der Waals surface area (Å²) in [5.74, 6) is 0. The van der Waals surface area contributed by atoms with E-state index in [9.17, 15) is 0 Å². The maximum atomic E-state index is 2.32. The molecule has 0 aromatic carbocycles. The van der Waals surface area contributed by atoms with Gasteiger partial charge in [0.15, 0.2) is 0 Å². The lowest BCUT2D eigenvalue weighted by atomic mass is 10.2. The van der Waals surface area contributed by atoms with E-state index in [-0.39, 0.29) is 17.0 Å². The van der Waals surface area contributed by atoms with Crippen LogP contribution in [0.15, 0.2) is 0 Å². The van der Waals surface area contributed by atoms with Crippen LogP contribution in [0.5, 0.6) is 0 Å². The van der Waals surface area contributed by atoms with E-state index in [0.717, 1.165) is 0 Å². The van der Waals surface area contributed by atoms with Crippen molar-refractivity contribution < 1.29 is 0 Å². The lowest BCUT2D eigenvalue weighted by Crippen LogP contribution is -1.97. The van der Waals surface area contributed by atoms with Crippen LogP contribution in [0.25, 0.3) is 0 Å². The summed E-state index contributed by atoms with van der Waals surface area (Å²) < 4.78 is 0. The zero-order valence-electron chi connectivity index (χ0n) is 14.5. The smallest absolute Gasteiger partial charge is 0.0326 e. The van der Waals surface area contributed by atoms with Crippen LogP contribution in [0.2, 0.25) is 0 Å². The van der Waals surface area contributed by atoms with Gasteiger partial charge in [0.05, 0.1) is 0 Å². The predicted octanol–water partition coefficient (Wildman–Crippen LogP) is 7.79. The van der Waals surface area contributed by atoms with E-state index in [1.165, 1.54) is 77.0 Å². The largest absolute Gasteiger partial charge is 0.114 e. The zero-order valence-corrected chi connectivity index (χ0v) is 17.1. The van der Waals surface area contributed by atoms with Crippen molar-refractivity contribution in [1.29, 1.82) is 0 Å². The van der Waals surface area contributed by atoms with E-state index in [2.05, 4.69) is 20.8 Å². The topological polar surface area (TPSA) is 0 Å². The third kappa shape index (κ3) is 17.0. The summed E-state index contributed by atoms with van der Waals surface area (Å²) in [5.41, 5.74) is 0. The van der Waals surface area contributed by atoms with Gasteiger partial charge in [0.25, 0.3) is 0 Å². The van der Waals surface area contributed by atoms with Crippen LogP contribution in [0.1, 0.15) is 97.8 Å². The Kier molecular flexibility index (Phi) is 23.1. The number of hydrogen-bond acceptors (Lipinski definition) is 0. The summed E-state index contributed by atoms with van der Waals surface area (Å²) >= 11 is 0. The Morgan fingerprint density at radius 1 is 0.450 bits per heavy atom. The van der Waals surface area contributed by atoms with Crippen molar-refractivity contribution in [3.8, 4) is 0 Å². The lowest BCUT2D eigenvalue weighted by molar-refractivity contribution is 0.687. The van der Waals surface area contributed by atoms with Gasteiger partial charge in [0.2, 0.25) is 0 Å². The average Bonchev–Trinajstić information content (AvgIpc) is 2.43. The van der Waals surface area contributed by atoms with Crippen LogP contribution in [0.4, 0.5) is 0 Å². The highest BCUT2D eigenvalue weighted by atomic mass is 79.9. The number of halogens is 1. The molecule has 0 saturated heterocycles. The second-order valence-corrected chi connectivity index (χ2v) is 8.71. The molecule has 0 aliphatic rings. The van der Waals surface area contributed by atoms with E-state index in [1.54, 1.807) is 18.5 Å². The molecular formula is C18H40BrP. The fourth-order valence-corrected chi connectivity index (χ4v) is 5.31. The Bertz CT molecular complexity index is 133. The number of unbranched alkanes of at least 4 members (excludes halogenated alkanes) is 9. The quantitative estimate of drug-likeness (QED) is 0.205. The first-order valence-electron chi connectivity index (χ1n) is 9.07. The van der Waals surface area contributed by atoms with Crippen molar-refractivity contribution >= 4 is 24.9 Å². The van der Waals surface area contributed by atoms with Gasteiger partial charge in [-0.2, -0.15) is 0 Å². The summed E-state index contributed by atoms with van der Waals surface area (Å²) in [6.45, 7) is 6.95. The van der Waals surface area contributed by atoms with Gasteiger partial charge in [-0.25, -0.2) is 0 Å². The van der Waals surface area contributed by atoms with Gasteiger partial charge in [-0.3, -0.25) is 0 Å². The average molecular weight is 367 g/mol. The minimum absolute atomic E-state index is 0. The third-order valence-corrected chi connectivity index (χ3v) is 6.83. The molecule has 0 nitrogen and oxygen atoms in total. The summed E-state index contributed by atoms with van der Waals surface area (Å²) in [6, 6.07) is 0. The van der Waals surface area contributed by atoms with Crippen molar-refractivity contribution in [1.82, 2.24) is 0 Å². The Hall–Kier alpha value is 0.910. The molecule has 20 heavy (non-hydrogen) atoms. The first-order chi connectivity index (χ1) is 9.35. The Balaban J connectivity index is 0. The highest BCUT2D eigenvalue weighted by Gasteiger charge is 2.07. The van der Waals surface area contributed by atoms with Gasteiger partial charge in [0.1, 0.15) is 0 Å². The van der Waals surface area contributed by atoms with Gasteiger partial charge >= 0.3 is 0 Å². The normalized spacial score (nSPS) is 10.8. The molecule has 124 valence electrons. The number of rotatable bonds is 15.